The summed E-state index contributed by atoms with van der Waals surface area (Å²) in [6.45, 7) is 3.37. The number of aromatic nitrogens is 2. The normalized spacial score (nSPS) is 10.7. The summed E-state index contributed by atoms with van der Waals surface area (Å²) in [5.74, 6) is 0.189. The topological polar surface area (TPSA) is 70.2 Å². The second-order valence-corrected chi connectivity index (χ2v) is 6.20. The highest BCUT2D eigenvalue weighted by Gasteiger charge is 2.10. The number of nitrogens with zero attached hydrogens (tertiary/aromatic N) is 3. The number of benzene rings is 1. The van der Waals surface area contributed by atoms with Gasteiger partial charge in [0.25, 0.3) is 5.91 Å². The van der Waals surface area contributed by atoms with Gasteiger partial charge in [0.05, 0.1) is 0 Å². The van der Waals surface area contributed by atoms with Crippen LogP contribution in [0.3, 0.4) is 0 Å². The Kier molecular flexibility index (Phi) is 6.52. The van der Waals surface area contributed by atoms with Gasteiger partial charge in [-0.15, -0.1) is 0 Å². The van der Waals surface area contributed by atoms with Crippen LogP contribution in [0.1, 0.15) is 22.6 Å². The number of nitrogens with one attached hydrogen (secondary N) is 2. The largest absolute Gasteiger partial charge is 0.351 e. The molecule has 0 radical (unpaired) electrons. The van der Waals surface area contributed by atoms with Gasteiger partial charge in [-0.1, -0.05) is 11.6 Å². The fourth-order valence-electron chi connectivity index (χ4n) is 2.09. The summed E-state index contributed by atoms with van der Waals surface area (Å²) in [5.41, 5.74) is 1.88. The lowest BCUT2D eigenvalue weighted by Gasteiger charge is -2.11. The van der Waals surface area contributed by atoms with E-state index in [1.807, 2.05) is 33.2 Å². The van der Waals surface area contributed by atoms with Crippen LogP contribution in [0.25, 0.3) is 0 Å². The van der Waals surface area contributed by atoms with Gasteiger partial charge in [0.2, 0.25) is 5.95 Å². The highest BCUT2D eigenvalue weighted by atomic mass is 35.5. The van der Waals surface area contributed by atoms with Gasteiger partial charge >= 0.3 is 0 Å². The number of hydrogen-bond donors (Lipinski definition) is 2. The maximum atomic E-state index is 12.2. The third kappa shape index (κ3) is 5.79. The fraction of sp³-hybridized carbons (Fsp3) is 0.353. The van der Waals surface area contributed by atoms with Crippen molar-refractivity contribution in [2.75, 3.05) is 32.5 Å². The second kappa shape index (κ2) is 8.61. The van der Waals surface area contributed by atoms with Crippen LogP contribution in [-0.4, -0.2) is 48.0 Å². The van der Waals surface area contributed by atoms with Crippen LogP contribution in [0, 0.1) is 6.92 Å². The molecule has 6 nitrogen and oxygen atoms in total. The van der Waals surface area contributed by atoms with Gasteiger partial charge in [-0.3, -0.25) is 4.79 Å². The minimum absolute atomic E-state index is 0.196. The molecule has 24 heavy (non-hydrogen) atoms. The molecular formula is C17H22ClN5O. The number of aryl methyl sites for hydroxylation is 1. The number of hydrogen-bond acceptors (Lipinski definition) is 5. The summed E-state index contributed by atoms with van der Waals surface area (Å²) in [7, 11) is 4.01. The molecule has 2 rings (SSSR count). The molecule has 0 fully saturated rings. The summed E-state index contributed by atoms with van der Waals surface area (Å²) >= 11 is 5.87. The van der Waals surface area contributed by atoms with E-state index in [0.29, 0.717) is 23.2 Å². The van der Waals surface area contributed by atoms with E-state index in [-0.39, 0.29) is 5.91 Å². The van der Waals surface area contributed by atoms with E-state index in [9.17, 15) is 4.79 Å². The maximum Gasteiger partial charge on any atom is 0.270 e. The van der Waals surface area contributed by atoms with Crippen LogP contribution in [-0.2, 0) is 0 Å². The van der Waals surface area contributed by atoms with Crippen molar-refractivity contribution in [3.8, 4) is 0 Å². The zero-order valence-corrected chi connectivity index (χ0v) is 14.9. The van der Waals surface area contributed by atoms with Crippen molar-refractivity contribution in [3.05, 3.63) is 46.7 Å². The van der Waals surface area contributed by atoms with Gasteiger partial charge < -0.3 is 15.5 Å². The van der Waals surface area contributed by atoms with E-state index >= 15 is 0 Å². The van der Waals surface area contributed by atoms with Crippen LogP contribution in [0.5, 0.6) is 0 Å². The molecule has 0 aliphatic heterocycles. The molecular weight excluding hydrogens is 326 g/mol. The van der Waals surface area contributed by atoms with Crippen molar-refractivity contribution in [2.45, 2.75) is 13.3 Å². The minimum atomic E-state index is -0.196. The molecule has 0 aliphatic carbocycles. The van der Waals surface area contributed by atoms with Gasteiger partial charge in [0, 0.05) is 22.9 Å². The van der Waals surface area contributed by atoms with E-state index < -0.39 is 0 Å². The quantitative estimate of drug-likeness (QED) is 0.754. The molecule has 1 heterocycles. The Labute approximate surface area is 147 Å². The summed E-state index contributed by atoms with van der Waals surface area (Å²) in [4.78, 5) is 22.9. The molecule has 0 atom stereocenters. The van der Waals surface area contributed by atoms with Crippen LogP contribution >= 0.6 is 11.6 Å². The molecule has 128 valence electrons. The van der Waals surface area contributed by atoms with Crippen molar-refractivity contribution >= 4 is 29.1 Å². The number of carbonyl (C=O) groups excluding carboxylic acids is 1. The first-order valence-corrected chi connectivity index (χ1v) is 8.13. The monoisotopic (exact) mass is 347 g/mol. The molecule has 0 unspecified atom stereocenters. The second-order valence-electron chi connectivity index (χ2n) is 5.76. The molecule has 1 amide bonds. The maximum absolute atomic E-state index is 12.2. The Morgan fingerprint density at radius 3 is 2.58 bits per heavy atom. The zero-order chi connectivity index (χ0) is 17.5. The van der Waals surface area contributed by atoms with Gasteiger partial charge in [-0.2, -0.15) is 0 Å². The van der Waals surface area contributed by atoms with E-state index in [1.165, 1.54) is 0 Å². The Hall–Kier alpha value is -2.18. The van der Waals surface area contributed by atoms with Gasteiger partial charge in [0.1, 0.15) is 5.69 Å². The Bertz CT molecular complexity index is 688. The minimum Gasteiger partial charge on any atom is -0.351 e. The standard InChI is InChI=1S/C17H22ClN5O/c1-12-11-15(16(24)19-9-4-10-23(2)3)22-17(20-12)21-14-7-5-13(18)6-8-14/h5-8,11H,4,9-10H2,1-3H3,(H,19,24)(H,20,21,22). The smallest absolute Gasteiger partial charge is 0.270 e. The van der Waals surface area contributed by atoms with E-state index in [0.717, 1.165) is 24.3 Å². The van der Waals surface area contributed by atoms with Crippen LogP contribution in [0.4, 0.5) is 11.6 Å². The predicted octanol–water partition coefficient (Wildman–Crippen LogP) is 2.86. The van der Waals surface area contributed by atoms with Gasteiger partial charge in [0.15, 0.2) is 0 Å². The third-order valence-electron chi connectivity index (χ3n) is 3.25. The van der Waals surface area contributed by atoms with Gasteiger partial charge in [-0.05, 0) is 64.3 Å². The van der Waals surface area contributed by atoms with Crippen LogP contribution < -0.4 is 10.6 Å². The first kappa shape index (κ1) is 18.2. The van der Waals surface area contributed by atoms with Crippen molar-refractivity contribution in [1.29, 1.82) is 0 Å². The molecule has 0 aliphatic rings. The fourth-order valence-corrected chi connectivity index (χ4v) is 2.22. The number of halogens is 1. The molecule has 0 saturated carbocycles. The third-order valence-corrected chi connectivity index (χ3v) is 3.51. The molecule has 0 bridgehead atoms. The Morgan fingerprint density at radius 1 is 1.21 bits per heavy atom. The van der Waals surface area contributed by atoms with E-state index in [4.69, 9.17) is 11.6 Å². The predicted molar refractivity (Wildman–Crippen MR) is 97.0 cm³/mol. The molecule has 1 aromatic heterocycles. The summed E-state index contributed by atoms with van der Waals surface area (Å²) in [5, 5.41) is 6.62. The van der Waals surface area contributed by atoms with Crippen LogP contribution in [0.15, 0.2) is 30.3 Å². The zero-order valence-electron chi connectivity index (χ0n) is 14.1. The SMILES string of the molecule is Cc1cc(C(=O)NCCCN(C)C)nc(Nc2ccc(Cl)cc2)n1. The molecule has 0 saturated heterocycles. The molecule has 2 aromatic rings. The summed E-state index contributed by atoms with van der Waals surface area (Å²) < 4.78 is 0. The van der Waals surface area contributed by atoms with Gasteiger partial charge in [-0.25, -0.2) is 9.97 Å². The first-order chi connectivity index (χ1) is 11.4. The average Bonchev–Trinajstić information content (AvgIpc) is 2.53. The number of anilines is 2. The lowest BCUT2D eigenvalue weighted by molar-refractivity contribution is 0.0947. The van der Waals surface area contributed by atoms with E-state index in [2.05, 4.69) is 25.5 Å². The molecule has 2 N–H and O–H groups in total. The molecule has 7 heteroatoms. The highest BCUT2D eigenvalue weighted by Crippen LogP contribution is 2.17. The van der Waals surface area contributed by atoms with Crippen molar-refractivity contribution in [3.63, 3.8) is 0 Å². The highest BCUT2D eigenvalue weighted by molar-refractivity contribution is 6.30. The lowest BCUT2D eigenvalue weighted by atomic mass is 10.3. The Morgan fingerprint density at radius 2 is 1.92 bits per heavy atom. The first-order valence-electron chi connectivity index (χ1n) is 7.75. The van der Waals surface area contributed by atoms with Crippen molar-refractivity contribution < 1.29 is 4.79 Å². The summed E-state index contributed by atoms with van der Waals surface area (Å²) in [6, 6.07) is 8.88. The summed E-state index contributed by atoms with van der Waals surface area (Å²) in [6.07, 6.45) is 0.888. The van der Waals surface area contributed by atoms with Crippen molar-refractivity contribution in [1.82, 2.24) is 20.2 Å². The number of rotatable bonds is 7. The van der Waals surface area contributed by atoms with Crippen LogP contribution in [0.2, 0.25) is 5.02 Å². The number of amides is 1. The average molecular weight is 348 g/mol. The number of carbonyl (C=O) groups is 1. The molecule has 0 spiro atoms. The molecule has 1 aromatic carbocycles. The Balaban J connectivity index is 2.02. The van der Waals surface area contributed by atoms with E-state index in [1.54, 1.807) is 18.2 Å². The lowest BCUT2D eigenvalue weighted by Crippen LogP contribution is -2.28. The van der Waals surface area contributed by atoms with Crippen molar-refractivity contribution in [2.24, 2.45) is 0 Å².